The number of aromatic nitrogens is 1. The molecule has 34 heavy (non-hydrogen) atoms. The fourth-order valence-corrected chi connectivity index (χ4v) is 12.3. The number of pyridine rings is 1. The minimum atomic E-state index is -2.42. The highest BCUT2D eigenvalue weighted by Gasteiger charge is 2.54. The summed E-state index contributed by atoms with van der Waals surface area (Å²) in [6.45, 7) is 6.67. The van der Waals surface area contributed by atoms with E-state index in [1.54, 1.807) is 0 Å². The second-order valence-corrected chi connectivity index (χ2v) is 13.4. The molecule has 5 aromatic rings. The quantitative estimate of drug-likeness (QED) is 0.320. The molecule has 0 bridgehead atoms. The summed E-state index contributed by atoms with van der Waals surface area (Å²) >= 11 is 0. The van der Waals surface area contributed by atoms with Gasteiger partial charge in [-0.2, -0.15) is 0 Å². The van der Waals surface area contributed by atoms with E-state index >= 15 is 0 Å². The first-order valence-electron chi connectivity index (χ1n) is 12.0. The molecule has 0 saturated heterocycles. The van der Waals surface area contributed by atoms with Crippen molar-refractivity contribution in [3.05, 3.63) is 114 Å². The average molecular weight is 452 g/mol. The number of aryl methyl sites for hydroxylation is 3. The predicted octanol–water partition coefficient (Wildman–Crippen LogP) is 5.01. The van der Waals surface area contributed by atoms with Crippen LogP contribution < -0.4 is 20.7 Å². The third-order valence-corrected chi connectivity index (χ3v) is 12.7. The molecule has 0 aliphatic carbocycles. The maximum Gasteiger partial charge on any atom is 0.183 e. The van der Waals surface area contributed by atoms with Crippen LogP contribution in [0.5, 0.6) is 0 Å². The van der Waals surface area contributed by atoms with E-state index < -0.39 is 8.07 Å². The van der Waals surface area contributed by atoms with E-state index in [0.717, 1.165) is 0 Å². The predicted molar refractivity (Wildman–Crippen MR) is 145 cm³/mol. The molecule has 7 rings (SSSR count). The zero-order chi connectivity index (χ0) is 23.0. The summed E-state index contributed by atoms with van der Waals surface area (Å²) in [4.78, 5) is 4.95. The molecule has 0 unspecified atom stereocenters. The van der Waals surface area contributed by atoms with Crippen molar-refractivity contribution in [2.75, 3.05) is 0 Å². The second-order valence-electron chi connectivity index (χ2n) is 9.77. The molecule has 0 atom stereocenters. The Kier molecular flexibility index (Phi) is 3.98. The highest BCUT2D eigenvalue weighted by molar-refractivity contribution is 7.24. The van der Waals surface area contributed by atoms with Crippen molar-refractivity contribution < 1.29 is 0 Å². The van der Waals surface area contributed by atoms with Crippen LogP contribution in [0.3, 0.4) is 0 Å². The van der Waals surface area contributed by atoms with Gasteiger partial charge in [0.2, 0.25) is 0 Å². The molecule has 3 heterocycles. The summed E-state index contributed by atoms with van der Waals surface area (Å²) in [5, 5.41) is 5.91. The minimum Gasteiger partial charge on any atom is -0.256 e. The van der Waals surface area contributed by atoms with E-state index in [0.29, 0.717) is 0 Å². The van der Waals surface area contributed by atoms with Crippen molar-refractivity contribution in [1.29, 1.82) is 0 Å². The maximum absolute atomic E-state index is 4.95. The Bertz CT molecular complexity index is 1560. The van der Waals surface area contributed by atoms with Crippen LogP contribution in [0, 0.1) is 20.8 Å². The Balaban J connectivity index is 1.62. The number of benzene rings is 4. The van der Waals surface area contributed by atoms with Crippen molar-refractivity contribution >= 4 is 28.8 Å². The first-order valence-corrected chi connectivity index (χ1v) is 14.0. The molecule has 0 saturated carbocycles. The van der Waals surface area contributed by atoms with Gasteiger partial charge in [-0.05, 0) is 81.0 Å². The summed E-state index contributed by atoms with van der Waals surface area (Å²) in [5.74, 6) is 0. The third kappa shape index (κ3) is 2.36. The van der Waals surface area contributed by atoms with Crippen molar-refractivity contribution in [3.63, 3.8) is 0 Å². The van der Waals surface area contributed by atoms with Crippen LogP contribution in [0.25, 0.3) is 33.5 Å². The van der Waals surface area contributed by atoms with Gasteiger partial charge in [0.15, 0.2) is 8.07 Å². The smallest absolute Gasteiger partial charge is 0.183 e. The van der Waals surface area contributed by atoms with E-state index in [9.17, 15) is 0 Å². The van der Waals surface area contributed by atoms with Crippen LogP contribution in [-0.2, 0) is 0 Å². The summed E-state index contributed by atoms with van der Waals surface area (Å²) in [6, 6.07) is 34.4. The lowest BCUT2D eigenvalue weighted by molar-refractivity contribution is 1.32. The summed E-state index contributed by atoms with van der Waals surface area (Å²) in [6.07, 6.45) is 1.95. The summed E-state index contributed by atoms with van der Waals surface area (Å²) in [7, 11) is -2.42. The average Bonchev–Trinajstić information content (AvgIpc) is 3.31. The summed E-state index contributed by atoms with van der Waals surface area (Å²) in [5.41, 5.74) is 11.9. The lowest BCUT2D eigenvalue weighted by Gasteiger charge is -2.28. The van der Waals surface area contributed by atoms with Gasteiger partial charge in [-0.15, -0.1) is 0 Å². The number of rotatable bonds is 1. The van der Waals surface area contributed by atoms with Crippen molar-refractivity contribution in [1.82, 2.24) is 4.98 Å². The lowest BCUT2D eigenvalue weighted by Crippen LogP contribution is -2.70. The Morgan fingerprint density at radius 1 is 0.559 bits per heavy atom. The molecule has 2 heteroatoms. The fraction of sp³-hybridized carbons (Fsp3) is 0.0938. The van der Waals surface area contributed by atoms with Gasteiger partial charge in [-0.25, -0.2) is 0 Å². The molecule has 0 amide bonds. The normalized spacial score (nSPS) is 14.0. The van der Waals surface area contributed by atoms with E-state index in [1.807, 2.05) is 6.20 Å². The van der Waals surface area contributed by atoms with Gasteiger partial charge in [-0.3, -0.25) is 4.98 Å². The number of hydrogen-bond acceptors (Lipinski definition) is 1. The van der Waals surface area contributed by atoms with E-state index in [2.05, 4.69) is 112 Å². The van der Waals surface area contributed by atoms with Gasteiger partial charge < -0.3 is 0 Å². The zero-order valence-electron chi connectivity index (χ0n) is 19.7. The molecule has 1 aromatic heterocycles. The van der Waals surface area contributed by atoms with Gasteiger partial charge in [0, 0.05) is 11.8 Å². The van der Waals surface area contributed by atoms with Crippen molar-refractivity contribution in [3.8, 4) is 33.5 Å². The molecule has 1 nitrogen and oxygen atoms in total. The third-order valence-electron chi connectivity index (χ3n) is 7.81. The van der Waals surface area contributed by atoms with Crippen molar-refractivity contribution in [2.24, 2.45) is 0 Å². The van der Waals surface area contributed by atoms with E-state index in [4.69, 9.17) is 4.98 Å². The van der Waals surface area contributed by atoms with Crippen LogP contribution in [0.4, 0.5) is 0 Å². The SMILES string of the molecule is Cc1cc(C)c(-c2ccc3c(c2)[Si]2(c4ccccc4-c4ccccc42)c2cccnc2-3)c(C)c1. The Hall–Kier alpha value is -3.75. The molecule has 162 valence electrons. The van der Waals surface area contributed by atoms with Crippen LogP contribution in [0.15, 0.2) is 97.2 Å². The topological polar surface area (TPSA) is 12.9 Å². The molecular weight excluding hydrogens is 426 g/mol. The molecular formula is C32H25NSi. The number of fused-ring (bicyclic) bond motifs is 10. The van der Waals surface area contributed by atoms with Crippen LogP contribution in [0.1, 0.15) is 16.7 Å². The Morgan fingerprint density at radius 2 is 1.18 bits per heavy atom. The van der Waals surface area contributed by atoms with Gasteiger partial charge in [0.25, 0.3) is 0 Å². The molecule has 1 spiro atoms. The zero-order valence-corrected chi connectivity index (χ0v) is 20.7. The van der Waals surface area contributed by atoms with Crippen LogP contribution >= 0.6 is 0 Å². The maximum atomic E-state index is 4.95. The lowest BCUT2D eigenvalue weighted by atomic mass is 9.93. The number of nitrogens with zero attached hydrogens (tertiary/aromatic N) is 1. The highest BCUT2D eigenvalue weighted by Crippen LogP contribution is 2.37. The monoisotopic (exact) mass is 451 g/mol. The van der Waals surface area contributed by atoms with Gasteiger partial charge in [-0.1, -0.05) is 90.5 Å². The molecule has 0 radical (unpaired) electrons. The van der Waals surface area contributed by atoms with Gasteiger partial charge >= 0.3 is 0 Å². The molecule has 4 aromatic carbocycles. The van der Waals surface area contributed by atoms with E-state index in [-0.39, 0.29) is 0 Å². The Morgan fingerprint density at radius 3 is 1.85 bits per heavy atom. The summed E-state index contributed by atoms with van der Waals surface area (Å²) < 4.78 is 0. The molecule has 0 N–H and O–H groups in total. The first kappa shape index (κ1) is 19.7. The standard InChI is InChI=1S/C32H25NSi/c1-20-17-21(2)31(22(3)18-20)23-14-15-26-30(19-23)34(29-13-8-16-33-32(26)29)27-11-6-4-9-24(27)25-10-5-7-12-28(25)34/h4-19H,1-3H3. The highest BCUT2D eigenvalue weighted by atomic mass is 28.3. The Labute approximate surface area is 201 Å². The largest absolute Gasteiger partial charge is 0.256 e. The van der Waals surface area contributed by atoms with Crippen molar-refractivity contribution in [2.45, 2.75) is 20.8 Å². The van der Waals surface area contributed by atoms with Crippen LogP contribution in [-0.4, -0.2) is 13.1 Å². The van der Waals surface area contributed by atoms with Gasteiger partial charge in [0.1, 0.15) is 0 Å². The molecule has 0 fully saturated rings. The van der Waals surface area contributed by atoms with Crippen LogP contribution in [0.2, 0.25) is 0 Å². The second kappa shape index (κ2) is 6.88. The van der Waals surface area contributed by atoms with E-state index in [1.165, 1.54) is 70.9 Å². The molecule has 2 aliphatic heterocycles. The first-order chi connectivity index (χ1) is 16.6. The van der Waals surface area contributed by atoms with Gasteiger partial charge in [0.05, 0.1) is 5.69 Å². The minimum absolute atomic E-state index is 1.17. The fourth-order valence-electron chi connectivity index (χ4n) is 6.73. The molecule has 2 aliphatic rings. The number of hydrogen-bond donors (Lipinski definition) is 0.